The maximum atomic E-state index is 12.5. The van der Waals surface area contributed by atoms with Crippen molar-refractivity contribution in [3.8, 4) is 0 Å². The molecule has 27 heavy (non-hydrogen) atoms. The van der Waals surface area contributed by atoms with Gasteiger partial charge in [-0.05, 0) is 39.2 Å². The topological polar surface area (TPSA) is 66.0 Å². The van der Waals surface area contributed by atoms with Crippen LogP contribution in [0.1, 0.15) is 39.2 Å². The van der Waals surface area contributed by atoms with Crippen molar-refractivity contribution in [1.29, 1.82) is 0 Å². The van der Waals surface area contributed by atoms with Crippen LogP contribution in [0.15, 0.2) is 35.3 Å². The first-order chi connectivity index (χ1) is 12.7. The number of unbranched alkanes of at least 4 members (excludes halogenated alkanes) is 1. The SMILES string of the molecule is CCNC(=NCC(=O)N(CC)Cc1ccccc1)NCCCCOCC.I. The zero-order chi connectivity index (χ0) is 19.0. The minimum Gasteiger partial charge on any atom is -0.382 e. The van der Waals surface area contributed by atoms with Gasteiger partial charge in [0.1, 0.15) is 6.54 Å². The smallest absolute Gasteiger partial charge is 0.244 e. The number of amides is 1. The van der Waals surface area contributed by atoms with Crippen LogP contribution in [0.2, 0.25) is 0 Å². The largest absolute Gasteiger partial charge is 0.382 e. The highest BCUT2D eigenvalue weighted by atomic mass is 127. The first kappa shape index (κ1) is 25.6. The second-order valence-corrected chi connectivity index (χ2v) is 5.92. The van der Waals surface area contributed by atoms with E-state index in [2.05, 4.69) is 15.6 Å². The summed E-state index contributed by atoms with van der Waals surface area (Å²) in [6.07, 6.45) is 2.02. The number of halogens is 1. The van der Waals surface area contributed by atoms with Crippen LogP contribution in [-0.4, -0.2) is 56.2 Å². The first-order valence-corrected chi connectivity index (χ1v) is 9.62. The van der Waals surface area contributed by atoms with Crippen molar-refractivity contribution in [3.05, 3.63) is 35.9 Å². The Kier molecular flexibility index (Phi) is 16.0. The molecular weight excluding hydrogens is 455 g/mol. The number of nitrogens with one attached hydrogen (secondary N) is 2. The standard InChI is InChI=1S/C20H34N4O2.HI/c1-4-21-20(22-14-10-11-15-26-6-3)23-16-19(25)24(5-2)17-18-12-8-7-9-13-18;/h7-9,12-13H,4-6,10-11,14-17H2,1-3H3,(H2,21,22,23);1H. The summed E-state index contributed by atoms with van der Waals surface area (Å²) < 4.78 is 5.33. The Morgan fingerprint density at radius 2 is 1.85 bits per heavy atom. The number of rotatable bonds is 12. The van der Waals surface area contributed by atoms with E-state index in [-0.39, 0.29) is 36.4 Å². The average Bonchev–Trinajstić information content (AvgIpc) is 2.67. The van der Waals surface area contributed by atoms with Gasteiger partial charge in [0, 0.05) is 39.4 Å². The van der Waals surface area contributed by atoms with Gasteiger partial charge >= 0.3 is 0 Å². The third kappa shape index (κ3) is 11.9. The third-order valence-electron chi connectivity index (χ3n) is 3.88. The number of benzene rings is 1. The van der Waals surface area contributed by atoms with Crippen molar-refractivity contribution in [2.24, 2.45) is 4.99 Å². The van der Waals surface area contributed by atoms with Crippen molar-refractivity contribution < 1.29 is 9.53 Å². The number of likely N-dealkylation sites (N-methyl/N-ethyl adjacent to an activating group) is 1. The van der Waals surface area contributed by atoms with Crippen LogP contribution in [0.4, 0.5) is 0 Å². The molecule has 0 unspecified atom stereocenters. The van der Waals surface area contributed by atoms with Gasteiger partial charge in [0.2, 0.25) is 5.91 Å². The van der Waals surface area contributed by atoms with E-state index in [0.29, 0.717) is 19.0 Å². The Morgan fingerprint density at radius 3 is 2.48 bits per heavy atom. The van der Waals surface area contributed by atoms with Crippen molar-refractivity contribution >= 4 is 35.8 Å². The van der Waals surface area contributed by atoms with Gasteiger partial charge in [-0.25, -0.2) is 4.99 Å². The molecule has 0 aliphatic carbocycles. The van der Waals surface area contributed by atoms with E-state index < -0.39 is 0 Å². The van der Waals surface area contributed by atoms with Gasteiger partial charge in [-0.1, -0.05) is 30.3 Å². The quantitative estimate of drug-likeness (QED) is 0.205. The second kappa shape index (κ2) is 16.8. The molecule has 0 aliphatic heterocycles. The van der Waals surface area contributed by atoms with Crippen LogP contribution in [0.3, 0.4) is 0 Å². The van der Waals surface area contributed by atoms with Crippen LogP contribution in [0.25, 0.3) is 0 Å². The maximum Gasteiger partial charge on any atom is 0.244 e. The van der Waals surface area contributed by atoms with Gasteiger partial charge in [0.25, 0.3) is 0 Å². The zero-order valence-corrected chi connectivity index (χ0v) is 19.2. The lowest BCUT2D eigenvalue weighted by Crippen LogP contribution is -2.39. The van der Waals surface area contributed by atoms with Crippen molar-refractivity contribution in [1.82, 2.24) is 15.5 Å². The van der Waals surface area contributed by atoms with Gasteiger partial charge < -0.3 is 20.3 Å². The molecule has 2 N–H and O–H groups in total. The number of ether oxygens (including phenoxy) is 1. The Hall–Kier alpha value is -1.35. The fourth-order valence-corrected chi connectivity index (χ4v) is 2.45. The third-order valence-corrected chi connectivity index (χ3v) is 3.88. The van der Waals surface area contributed by atoms with Crippen LogP contribution >= 0.6 is 24.0 Å². The average molecular weight is 490 g/mol. The normalized spacial score (nSPS) is 10.9. The molecule has 0 fully saturated rings. The molecule has 0 heterocycles. The molecule has 154 valence electrons. The molecule has 0 radical (unpaired) electrons. The van der Waals surface area contributed by atoms with E-state index in [1.165, 1.54) is 0 Å². The summed E-state index contributed by atoms with van der Waals surface area (Å²) in [5.74, 6) is 0.720. The molecule has 0 spiro atoms. The minimum atomic E-state index is 0. The summed E-state index contributed by atoms with van der Waals surface area (Å²) >= 11 is 0. The lowest BCUT2D eigenvalue weighted by molar-refractivity contribution is -0.130. The van der Waals surface area contributed by atoms with E-state index in [4.69, 9.17) is 4.74 Å². The van der Waals surface area contributed by atoms with Gasteiger partial charge in [0.15, 0.2) is 5.96 Å². The van der Waals surface area contributed by atoms with Gasteiger partial charge in [-0.15, -0.1) is 24.0 Å². The Morgan fingerprint density at radius 1 is 1.11 bits per heavy atom. The number of hydrogen-bond acceptors (Lipinski definition) is 3. The molecule has 0 saturated carbocycles. The lowest BCUT2D eigenvalue weighted by Gasteiger charge is -2.20. The summed E-state index contributed by atoms with van der Waals surface area (Å²) in [7, 11) is 0. The van der Waals surface area contributed by atoms with Crippen LogP contribution in [-0.2, 0) is 16.1 Å². The van der Waals surface area contributed by atoms with Crippen LogP contribution in [0.5, 0.6) is 0 Å². The molecule has 0 atom stereocenters. The number of carbonyl (C=O) groups excluding carboxylic acids is 1. The zero-order valence-electron chi connectivity index (χ0n) is 16.9. The van der Waals surface area contributed by atoms with E-state index in [0.717, 1.165) is 44.7 Å². The molecule has 1 rings (SSSR count). The second-order valence-electron chi connectivity index (χ2n) is 5.92. The monoisotopic (exact) mass is 490 g/mol. The number of guanidine groups is 1. The number of aliphatic imine (C=N–C) groups is 1. The van der Waals surface area contributed by atoms with E-state index >= 15 is 0 Å². The summed E-state index contributed by atoms with van der Waals surface area (Å²) in [5.41, 5.74) is 1.13. The molecule has 1 aromatic rings. The highest BCUT2D eigenvalue weighted by molar-refractivity contribution is 14.0. The van der Waals surface area contributed by atoms with Gasteiger partial charge in [-0.3, -0.25) is 4.79 Å². The predicted octanol–water partition coefficient (Wildman–Crippen LogP) is 3.02. The minimum absolute atomic E-state index is 0. The Bertz CT molecular complexity index is 526. The van der Waals surface area contributed by atoms with Crippen molar-refractivity contribution in [3.63, 3.8) is 0 Å². The number of hydrogen-bond donors (Lipinski definition) is 2. The molecule has 1 aromatic carbocycles. The predicted molar refractivity (Wildman–Crippen MR) is 123 cm³/mol. The summed E-state index contributed by atoms with van der Waals surface area (Å²) in [5, 5.41) is 6.46. The molecular formula is C20H35IN4O2. The summed E-state index contributed by atoms with van der Waals surface area (Å²) in [6.45, 7) is 10.6. The van der Waals surface area contributed by atoms with Gasteiger partial charge in [-0.2, -0.15) is 0 Å². The van der Waals surface area contributed by atoms with Crippen molar-refractivity contribution in [2.45, 2.75) is 40.2 Å². The van der Waals surface area contributed by atoms with Crippen LogP contribution in [0, 0.1) is 0 Å². The van der Waals surface area contributed by atoms with Gasteiger partial charge in [0.05, 0.1) is 0 Å². The fraction of sp³-hybridized carbons (Fsp3) is 0.600. The highest BCUT2D eigenvalue weighted by Crippen LogP contribution is 2.04. The van der Waals surface area contributed by atoms with E-state index in [9.17, 15) is 4.79 Å². The van der Waals surface area contributed by atoms with E-state index in [1.807, 2.05) is 56.0 Å². The molecule has 0 aromatic heterocycles. The highest BCUT2D eigenvalue weighted by Gasteiger charge is 2.11. The molecule has 0 aliphatic rings. The molecule has 1 amide bonds. The molecule has 7 heteroatoms. The number of carbonyl (C=O) groups is 1. The number of nitrogens with zero attached hydrogens (tertiary/aromatic N) is 2. The summed E-state index contributed by atoms with van der Waals surface area (Å²) in [6, 6.07) is 10.0. The van der Waals surface area contributed by atoms with Crippen LogP contribution < -0.4 is 10.6 Å². The van der Waals surface area contributed by atoms with Crippen molar-refractivity contribution in [2.75, 3.05) is 39.4 Å². The Balaban J connectivity index is 0.00000676. The molecule has 0 bridgehead atoms. The Labute approximate surface area is 181 Å². The summed E-state index contributed by atoms with van der Waals surface area (Å²) in [4.78, 5) is 18.7. The van der Waals surface area contributed by atoms with E-state index in [1.54, 1.807) is 0 Å². The maximum absolute atomic E-state index is 12.5. The molecule has 6 nitrogen and oxygen atoms in total. The molecule has 0 saturated heterocycles. The first-order valence-electron chi connectivity index (χ1n) is 9.62. The lowest BCUT2D eigenvalue weighted by atomic mass is 10.2. The fourth-order valence-electron chi connectivity index (χ4n) is 2.45.